The summed E-state index contributed by atoms with van der Waals surface area (Å²) in [7, 11) is 1.96. The Bertz CT molecular complexity index is 392. The van der Waals surface area contributed by atoms with E-state index in [0.717, 1.165) is 11.4 Å². The van der Waals surface area contributed by atoms with E-state index in [1.54, 1.807) is 6.20 Å². The van der Waals surface area contributed by atoms with Gasteiger partial charge in [0.15, 0.2) is 0 Å². The molecule has 0 aliphatic carbocycles. The van der Waals surface area contributed by atoms with Crippen molar-refractivity contribution in [2.75, 3.05) is 0 Å². The minimum atomic E-state index is 0.701. The van der Waals surface area contributed by atoms with Crippen molar-refractivity contribution >= 4 is 11.2 Å². The number of aromatic nitrogens is 2. The third-order valence-electron chi connectivity index (χ3n) is 1.83. The first-order chi connectivity index (χ1) is 5.29. The summed E-state index contributed by atoms with van der Waals surface area (Å²) in [4.78, 5) is 4.08. The number of pyridine rings is 1. The van der Waals surface area contributed by atoms with Crippen LogP contribution < -0.4 is 4.57 Å². The van der Waals surface area contributed by atoms with Gasteiger partial charge in [0, 0.05) is 12.3 Å². The van der Waals surface area contributed by atoms with Crippen LogP contribution in [0.5, 0.6) is 0 Å². The average molecular weight is 149 g/mol. The van der Waals surface area contributed by atoms with Crippen molar-refractivity contribution in [1.29, 1.82) is 0 Å². The molecule has 2 rings (SSSR count). The van der Waals surface area contributed by atoms with E-state index in [-0.39, 0.29) is 0 Å². The molecule has 0 aromatic carbocycles. The lowest BCUT2D eigenvalue weighted by molar-refractivity contribution is -0.657. The summed E-state index contributed by atoms with van der Waals surface area (Å²) >= 11 is 0. The summed E-state index contributed by atoms with van der Waals surface area (Å²) in [6.45, 7) is 1.92. The maximum absolute atomic E-state index is 5.35. The van der Waals surface area contributed by atoms with Crippen molar-refractivity contribution in [1.82, 2.24) is 4.98 Å². The second kappa shape index (κ2) is 2.05. The Kier molecular flexibility index (Phi) is 1.18. The molecule has 0 fully saturated rings. The number of hydrogen-bond acceptors (Lipinski definition) is 2. The Morgan fingerprint density at radius 2 is 2.36 bits per heavy atom. The molecule has 0 spiro atoms. The van der Waals surface area contributed by atoms with E-state index in [4.69, 9.17) is 4.42 Å². The Balaban J connectivity index is 2.92. The first-order valence-electron chi connectivity index (χ1n) is 3.49. The van der Waals surface area contributed by atoms with Crippen LogP contribution in [0.4, 0.5) is 0 Å². The highest BCUT2D eigenvalue weighted by Crippen LogP contribution is 2.07. The van der Waals surface area contributed by atoms with Crippen molar-refractivity contribution < 1.29 is 8.98 Å². The van der Waals surface area contributed by atoms with Gasteiger partial charge in [-0.25, -0.2) is 4.98 Å². The van der Waals surface area contributed by atoms with E-state index in [9.17, 15) is 0 Å². The highest BCUT2D eigenvalue weighted by Gasteiger charge is 2.13. The first kappa shape index (κ1) is 6.34. The lowest BCUT2D eigenvalue weighted by Crippen LogP contribution is -2.28. The van der Waals surface area contributed by atoms with E-state index < -0.39 is 0 Å². The molecule has 0 aliphatic heterocycles. The van der Waals surface area contributed by atoms with Gasteiger partial charge in [-0.05, 0) is 6.07 Å². The van der Waals surface area contributed by atoms with Gasteiger partial charge in [-0.1, -0.05) is 0 Å². The molecule has 3 nitrogen and oxygen atoms in total. The van der Waals surface area contributed by atoms with Gasteiger partial charge in [0.2, 0.25) is 0 Å². The van der Waals surface area contributed by atoms with Crippen molar-refractivity contribution in [3.05, 3.63) is 24.2 Å². The topological polar surface area (TPSA) is 29.9 Å². The number of rotatable bonds is 0. The summed E-state index contributed by atoms with van der Waals surface area (Å²) in [5, 5.41) is 0. The zero-order valence-corrected chi connectivity index (χ0v) is 6.53. The van der Waals surface area contributed by atoms with Crippen molar-refractivity contribution in [2.45, 2.75) is 6.92 Å². The van der Waals surface area contributed by atoms with Gasteiger partial charge >= 0.3 is 5.89 Å². The molecule has 0 N–H and O–H groups in total. The van der Waals surface area contributed by atoms with Crippen LogP contribution in [0.2, 0.25) is 0 Å². The molecule has 0 saturated heterocycles. The number of aryl methyl sites for hydroxylation is 2. The highest BCUT2D eigenvalue weighted by atomic mass is 16.4. The fraction of sp³-hybridized carbons (Fsp3) is 0.250. The fourth-order valence-electron chi connectivity index (χ4n) is 1.09. The predicted octanol–water partition coefficient (Wildman–Crippen LogP) is 0.961. The second-order valence-electron chi connectivity index (χ2n) is 2.51. The van der Waals surface area contributed by atoms with Gasteiger partial charge in [-0.2, -0.15) is 4.57 Å². The van der Waals surface area contributed by atoms with Gasteiger partial charge < -0.3 is 4.42 Å². The number of fused-ring (bicyclic) bond motifs is 1. The Hall–Kier alpha value is -1.38. The van der Waals surface area contributed by atoms with Crippen molar-refractivity contribution in [3.63, 3.8) is 0 Å². The minimum absolute atomic E-state index is 0.701. The van der Waals surface area contributed by atoms with Crippen LogP contribution >= 0.6 is 0 Å². The van der Waals surface area contributed by atoms with Gasteiger partial charge in [-0.15, -0.1) is 0 Å². The number of hydrogen-bond donors (Lipinski definition) is 0. The third-order valence-corrected chi connectivity index (χ3v) is 1.83. The van der Waals surface area contributed by atoms with E-state index in [1.165, 1.54) is 0 Å². The predicted molar refractivity (Wildman–Crippen MR) is 39.9 cm³/mol. The molecular weight excluding hydrogens is 140 g/mol. The molecular formula is C8H9N2O+. The Morgan fingerprint density at radius 3 is 3.09 bits per heavy atom. The smallest absolute Gasteiger partial charge is 0.345 e. The van der Waals surface area contributed by atoms with Gasteiger partial charge in [0.25, 0.3) is 11.2 Å². The van der Waals surface area contributed by atoms with Crippen LogP contribution in [0.25, 0.3) is 11.2 Å². The summed E-state index contributed by atoms with van der Waals surface area (Å²) in [6.07, 6.45) is 1.73. The molecule has 0 amide bonds. The maximum atomic E-state index is 5.35. The largest absolute Gasteiger partial charge is 0.382 e. The molecule has 11 heavy (non-hydrogen) atoms. The van der Waals surface area contributed by atoms with Crippen LogP contribution in [0, 0.1) is 6.92 Å². The fourth-order valence-corrected chi connectivity index (χ4v) is 1.09. The van der Waals surface area contributed by atoms with Crippen molar-refractivity contribution in [3.8, 4) is 0 Å². The van der Waals surface area contributed by atoms with Crippen LogP contribution in [0.15, 0.2) is 22.7 Å². The zero-order chi connectivity index (χ0) is 7.84. The third kappa shape index (κ3) is 0.808. The molecule has 0 aliphatic rings. The molecule has 56 valence electrons. The van der Waals surface area contributed by atoms with E-state index in [0.29, 0.717) is 5.71 Å². The highest BCUT2D eigenvalue weighted by molar-refractivity contribution is 5.62. The monoisotopic (exact) mass is 149 g/mol. The van der Waals surface area contributed by atoms with Crippen LogP contribution in [0.1, 0.15) is 5.89 Å². The maximum Gasteiger partial charge on any atom is 0.345 e. The molecule has 0 unspecified atom stereocenters. The molecule has 2 heterocycles. The van der Waals surface area contributed by atoms with Crippen LogP contribution in [-0.4, -0.2) is 4.98 Å². The Labute approximate surface area is 64.3 Å². The summed E-state index contributed by atoms with van der Waals surface area (Å²) in [5.74, 6) is 0.874. The summed E-state index contributed by atoms with van der Waals surface area (Å²) in [5.41, 5.74) is 1.73. The van der Waals surface area contributed by atoms with Crippen molar-refractivity contribution in [2.24, 2.45) is 7.05 Å². The quantitative estimate of drug-likeness (QED) is 0.522. The lowest BCUT2D eigenvalue weighted by Gasteiger charge is -1.79. The molecule has 2 aromatic rings. The first-order valence-corrected chi connectivity index (χ1v) is 3.49. The minimum Gasteiger partial charge on any atom is -0.382 e. The molecule has 0 atom stereocenters. The molecule has 0 radical (unpaired) electrons. The molecule has 3 heteroatoms. The summed E-state index contributed by atoms with van der Waals surface area (Å²) in [6, 6.07) is 3.89. The van der Waals surface area contributed by atoms with E-state index in [1.807, 2.05) is 30.7 Å². The van der Waals surface area contributed by atoms with Crippen LogP contribution in [0.3, 0.4) is 0 Å². The van der Waals surface area contributed by atoms with E-state index >= 15 is 0 Å². The van der Waals surface area contributed by atoms with Gasteiger partial charge in [0.1, 0.15) is 7.05 Å². The van der Waals surface area contributed by atoms with Gasteiger partial charge in [-0.3, -0.25) is 0 Å². The van der Waals surface area contributed by atoms with E-state index in [2.05, 4.69) is 4.98 Å². The normalized spacial score (nSPS) is 10.7. The standard InChI is InChI=1S/C8H9N2O/c1-6-10(2)7-4-3-5-9-8(7)11-6/h3-5H,1-2H3/q+1. The molecule has 2 aromatic heterocycles. The van der Waals surface area contributed by atoms with Gasteiger partial charge in [0.05, 0.1) is 6.92 Å². The SMILES string of the molecule is Cc1oc2ncccc2[n+]1C. The molecule has 0 bridgehead atoms. The summed E-state index contributed by atoms with van der Waals surface area (Å²) < 4.78 is 7.33. The zero-order valence-electron chi connectivity index (χ0n) is 6.53. The van der Waals surface area contributed by atoms with Crippen LogP contribution in [-0.2, 0) is 7.05 Å². The number of oxazole rings is 1. The lowest BCUT2D eigenvalue weighted by atomic mass is 10.4. The second-order valence-corrected chi connectivity index (χ2v) is 2.51. The molecule has 0 saturated carbocycles. The Morgan fingerprint density at radius 1 is 1.55 bits per heavy atom. The average Bonchev–Trinajstić information content (AvgIpc) is 2.30. The number of nitrogens with zero attached hydrogens (tertiary/aromatic N) is 2.